The molecule has 2 aromatic rings. The third-order valence-electron chi connectivity index (χ3n) is 2.31. The number of nitrogens with zero attached hydrogens (tertiary/aromatic N) is 3. The molecule has 0 bridgehead atoms. The minimum atomic E-state index is -0.294. The molecule has 2 rings (SSSR count). The molecule has 5 heteroatoms. The van der Waals surface area contributed by atoms with Crippen molar-refractivity contribution in [3.63, 3.8) is 0 Å². The van der Waals surface area contributed by atoms with Crippen molar-refractivity contribution in [3.8, 4) is 0 Å². The van der Waals surface area contributed by atoms with Gasteiger partial charge in [-0.2, -0.15) is 0 Å². The monoisotopic (exact) mass is 237 g/mol. The minimum absolute atomic E-state index is 0.0957. The molecule has 0 saturated carbocycles. The summed E-state index contributed by atoms with van der Waals surface area (Å²) in [6.07, 6.45) is 1.51. The highest BCUT2D eigenvalue weighted by molar-refractivity contribution is 6.29. The molecular formula is C11H12ClN3O. The van der Waals surface area contributed by atoms with Crippen molar-refractivity contribution in [2.24, 2.45) is 0 Å². The zero-order valence-corrected chi connectivity index (χ0v) is 10.1. The van der Waals surface area contributed by atoms with Crippen molar-refractivity contribution in [1.82, 2.24) is 14.5 Å². The van der Waals surface area contributed by atoms with Gasteiger partial charge in [0.15, 0.2) is 5.65 Å². The Labute approximate surface area is 97.9 Å². The zero-order valence-electron chi connectivity index (χ0n) is 9.36. The fourth-order valence-electron chi connectivity index (χ4n) is 1.46. The summed E-state index contributed by atoms with van der Waals surface area (Å²) in [6.45, 7) is 5.85. The molecule has 0 aromatic carbocycles. The summed E-state index contributed by atoms with van der Waals surface area (Å²) in [5.41, 5.74) is -0.00238. The lowest BCUT2D eigenvalue weighted by Crippen LogP contribution is -2.33. The van der Waals surface area contributed by atoms with E-state index in [1.165, 1.54) is 6.33 Å². The van der Waals surface area contributed by atoms with E-state index in [4.69, 9.17) is 11.6 Å². The zero-order chi connectivity index (χ0) is 11.9. The Morgan fingerprint density at radius 1 is 1.31 bits per heavy atom. The largest absolute Gasteiger partial charge is 0.293 e. The van der Waals surface area contributed by atoms with Crippen LogP contribution in [-0.2, 0) is 5.54 Å². The van der Waals surface area contributed by atoms with Crippen LogP contribution in [0.1, 0.15) is 20.8 Å². The van der Waals surface area contributed by atoms with Crippen LogP contribution in [-0.4, -0.2) is 14.5 Å². The highest BCUT2D eigenvalue weighted by atomic mass is 35.5. The van der Waals surface area contributed by atoms with Gasteiger partial charge in [0.1, 0.15) is 11.5 Å². The van der Waals surface area contributed by atoms with Crippen molar-refractivity contribution in [2.75, 3.05) is 0 Å². The first-order chi connectivity index (χ1) is 7.39. The molecule has 0 amide bonds. The molecule has 16 heavy (non-hydrogen) atoms. The van der Waals surface area contributed by atoms with Gasteiger partial charge in [0.25, 0.3) is 5.56 Å². The maximum absolute atomic E-state index is 12.1. The van der Waals surface area contributed by atoms with Gasteiger partial charge in [-0.3, -0.25) is 9.36 Å². The van der Waals surface area contributed by atoms with E-state index in [2.05, 4.69) is 9.97 Å². The summed E-state index contributed by atoms with van der Waals surface area (Å²) in [7, 11) is 0. The second kappa shape index (κ2) is 3.56. The van der Waals surface area contributed by atoms with Gasteiger partial charge >= 0.3 is 0 Å². The maximum atomic E-state index is 12.1. The van der Waals surface area contributed by atoms with E-state index in [1.54, 1.807) is 16.7 Å². The first-order valence-corrected chi connectivity index (χ1v) is 5.32. The highest BCUT2D eigenvalue weighted by Gasteiger charge is 2.16. The number of rotatable bonds is 0. The molecule has 0 atom stereocenters. The van der Waals surface area contributed by atoms with Crippen LogP contribution < -0.4 is 5.56 Å². The van der Waals surface area contributed by atoms with Crippen LogP contribution in [0, 0.1) is 0 Å². The van der Waals surface area contributed by atoms with Crippen LogP contribution in [0.2, 0.25) is 5.15 Å². The van der Waals surface area contributed by atoms with Gasteiger partial charge in [-0.15, -0.1) is 0 Å². The third kappa shape index (κ3) is 1.80. The van der Waals surface area contributed by atoms with Crippen molar-refractivity contribution < 1.29 is 0 Å². The van der Waals surface area contributed by atoms with Crippen LogP contribution in [0.5, 0.6) is 0 Å². The molecule has 0 unspecified atom stereocenters. The van der Waals surface area contributed by atoms with Crippen LogP contribution in [0.15, 0.2) is 23.3 Å². The van der Waals surface area contributed by atoms with Gasteiger partial charge in [-0.25, -0.2) is 9.97 Å². The number of pyridine rings is 1. The maximum Gasteiger partial charge on any atom is 0.263 e. The Balaban J connectivity index is 2.81. The lowest BCUT2D eigenvalue weighted by atomic mass is 10.1. The number of aromatic nitrogens is 3. The highest BCUT2D eigenvalue weighted by Crippen LogP contribution is 2.13. The molecule has 0 N–H and O–H groups in total. The Morgan fingerprint density at radius 2 is 2.00 bits per heavy atom. The fourth-order valence-corrected chi connectivity index (χ4v) is 1.61. The summed E-state index contributed by atoms with van der Waals surface area (Å²) in [5.74, 6) is 0. The molecule has 0 fully saturated rings. The third-order valence-corrected chi connectivity index (χ3v) is 2.52. The van der Waals surface area contributed by atoms with Gasteiger partial charge in [0.2, 0.25) is 0 Å². The van der Waals surface area contributed by atoms with E-state index < -0.39 is 0 Å². The first-order valence-electron chi connectivity index (χ1n) is 4.94. The van der Waals surface area contributed by atoms with E-state index in [9.17, 15) is 4.79 Å². The fraction of sp³-hybridized carbons (Fsp3) is 0.364. The number of hydrogen-bond acceptors (Lipinski definition) is 3. The topological polar surface area (TPSA) is 47.8 Å². The van der Waals surface area contributed by atoms with Crippen LogP contribution in [0.3, 0.4) is 0 Å². The van der Waals surface area contributed by atoms with E-state index in [0.29, 0.717) is 16.2 Å². The van der Waals surface area contributed by atoms with Gasteiger partial charge in [0, 0.05) is 5.54 Å². The Bertz CT molecular complexity index is 598. The first kappa shape index (κ1) is 11.1. The average molecular weight is 238 g/mol. The molecular weight excluding hydrogens is 226 g/mol. The number of halogens is 1. The summed E-state index contributed by atoms with van der Waals surface area (Å²) in [4.78, 5) is 20.3. The summed E-state index contributed by atoms with van der Waals surface area (Å²) >= 11 is 5.74. The average Bonchev–Trinajstić information content (AvgIpc) is 2.15. The Morgan fingerprint density at radius 3 is 2.62 bits per heavy atom. The second-order valence-corrected chi connectivity index (χ2v) is 4.98. The SMILES string of the molecule is CC(C)(C)n1cnc2nc(Cl)ccc2c1=O. The predicted octanol–water partition coefficient (Wildman–Crippen LogP) is 2.20. The minimum Gasteiger partial charge on any atom is -0.293 e. The molecule has 0 spiro atoms. The van der Waals surface area contributed by atoms with Gasteiger partial charge in [0.05, 0.1) is 5.39 Å². The van der Waals surface area contributed by atoms with E-state index >= 15 is 0 Å². The van der Waals surface area contributed by atoms with Crippen LogP contribution in [0.4, 0.5) is 0 Å². The number of fused-ring (bicyclic) bond motifs is 1. The lowest BCUT2D eigenvalue weighted by Gasteiger charge is -2.21. The van der Waals surface area contributed by atoms with E-state index in [0.717, 1.165) is 0 Å². The molecule has 0 aliphatic heterocycles. The predicted molar refractivity (Wildman–Crippen MR) is 63.8 cm³/mol. The summed E-state index contributed by atoms with van der Waals surface area (Å²) < 4.78 is 1.59. The molecule has 4 nitrogen and oxygen atoms in total. The van der Waals surface area contributed by atoms with Gasteiger partial charge in [-0.05, 0) is 32.9 Å². The van der Waals surface area contributed by atoms with E-state index in [-0.39, 0.29) is 11.1 Å². The van der Waals surface area contributed by atoms with Gasteiger partial charge in [-0.1, -0.05) is 11.6 Å². The van der Waals surface area contributed by atoms with Crippen LogP contribution >= 0.6 is 11.6 Å². The molecule has 2 heterocycles. The Kier molecular flexibility index (Phi) is 2.46. The van der Waals surface area contributed by atoms with Crippen molar-refractivity contribution in [3.05, 3.63) is 34.0 Å². The Hall–Kier alpha value is -1.42. The van der Waals surface area contributed by atoms with Crippen molar-refractivity contribution >= 4 is 22.6 Å². The smallest absolute Gasteiger partial charge is 0.263 e. The molecule has 0 aliphatic carbocycles. The van der Waals surface area contributed by atoms with Crippen molar-refractivity contribution in [1.29, 1.82) is 0 Å². The summed E-state index contributed by atoms with van der Waals surface area (Å²) in [5, 5.41) is 0.828. The number of hydrogen-bond donors (Lipinski definition) is 0. The van der Waals surface area contributed by atoms with Crippen molar-refractivity contribution in [2.45, 2.75) is 26.3 Å². The summed E-state index contributed by atoms with van der Waals surface area (Å²) in [6, 6.07) is 3.25. The quantitative estimate of drug-likeness (QED) is 0.660. The van der Waals surface area contributed by atoms with E-state index in [1.807, 2.05) is 20.8 Å². The molecule has 0 aliphatic rings. The standard InChI is InChI=1S/C11H12ClN3O/c1-11(2,3)15-6-13-9-7(10(15)16)4-5-8(12)14-9/h4-6H,1-3H3. The molecule has 0 saturated heterocycles. The van der Waals surface area contributed by atoms with Gasteiger partial charge < -0.3 is 0 Å². The molecule has 84 valence electrons. The molecule has 2 aromatic heterocycles. The van der Waals surface area contributed by atoms with Crippen LogP contribution in [0.25, 0.3) is 11.0 Å². The molecule has 0 radical (unpaired) electrons. The normalized spacial score (nSPS) is 12.0. The lowest BCUT2D eigenvalue weighted by molar-refractivity contribution is 0.381. The second-order valence-electron chi connectivity index (χ2n) is 4.60.